The lowest BCUT2D eigenvalue weighted by Crippen LogP contribution is -2.34. The van der Waals surface area contributed by atoms with E-state index >= 15 is 0 Å². The summed E-state index contributed by atoms with van der Waals surface area (Å²) in [6, 6.07) is 14.4. The third-order valence-corrected chi connectivity index (χ3v) is 4.30. The number of nitrogens with zero attached hydrogens (tertiary/aromatic N) is 3. The number of ether oxygens (including phenoxy) is 1. The molecule has 2 aromatic carbocycles. The molecule has 1 heterocycles. The molecule has 10 heteroatoms. The van der Waals surface area contributed by atoms with Crippen molar-refractivity contribution in [1.29, 1.82) is 0 Å². The number of carbonyl (C=O) groups excluding carboxylic acids is 1. The van der Waals surface area contributed by atoms with Gasteiger partial charge in [-0.2, -0.15) is 0 Å². The molecule has 30 heavy (non-hydrogen) atoms. The summed E-state index contributed by atoms with van der Waals surface area (Å²) in [4.78, 5) is 30.9. The first-order chi connectivity index (χ1) is 14.5. The Kier molecular flexibility index (Phi) is 6.38. The van der Waals surface area contributed by atoms with E-state index in [1.165, 1.54) is 0 Å². The van der Waals surface area contributed by atoms with Crippen molar-refractivity contribution in [1.82, 2.24) is 15.4 Å². The molecule has 3 N–H and O–H groups in total. The first-order valence-corrected chi connectivity index (χ1v) is 9.01. The lowest BCUT2D eigenvalue weighted by Gasteiger charge is -2.13. The van der Waals surface area contributed by atoms with Crippen molar-refractivity contribution in [2.75, 3.05) is 17.3 Å². The molecule has 3 aromatic rings. The number of anilines is 3. The average Bonchev–Trinajstić information content (AvgIpc) is 2.74. The molecule has 0 fully saturated rings. The third-order valence-electron chi connectivity index (χ3n) is 4.30. The maximum atomic E-state index is 12.0. The van der Waals surface area contributed by atoms with Gasteiger partial charge in [0.2, 0.25) is 11.6 Å². The van der Waals surface area contributed by atoms with Crippen LogP contribution in [0.2, 0.25) is 0 Å². The minimum absolute atomic E-state index is 0.000912. The lowest BCUT2D eigenvalue weighted by molar-refractivity contribution is -0.383. The van der Waals surface area contributed by atoms with Crippen LogP contribution in [0.1, 0.15) is 11.1 Å². The average molecular weight is 408 g/mol. The van der Waals surface area contributed by atoms with Gasteiger partial charge in [0.15, 0.2) is 6.61 Å². The molecule has 0 aliphatic carbocycles. The van der Waals surface area contributed by atoms with Crippen molar-refractivity contribution in [2.45, 2.75) is 13.8 Å². The Morgan fingerprint density at radius 1 is 1.07 bits per heavy atom. The molecule has 0 aliphatic heterocycles. The molecular weight excluding hydrogens is 388 g/mol. The fraction of sp³-hybridized carbons (Fsp3) is 0.150. The van der Waals surface area contributed by atoms with Crippen molar-refractivity contribution in [3.8, 4) is 5.75 Å². The van der Waals surface area contributed by atoms with Crippen LogP contribution in [0.4, 0.5) is 23.0 Å². The van der Waals surface area contributed by atoms with Gasteiger partial charge in [0.25, 0.3) is 5.91 Å². The fourth-order valence-corrected chi connectivity index (χ4v) is 2.58. The topological polar surface area (TPSA) is 131 Å². The van der Waals surface area contributed by atoms with Crippen LogP contribution in [-0.2, 0) is 4.79 Å². The highest BCUT2D eigenvalue weighted by Gasteiger charge is 2.24. The largest absolute Gasteiger partial charge is 0.484 e. The molecule has 3 rings (SSSR count). The molecule has 0 bridgehead atoms. The molecule has 1 aromatic heterocycles. The second kappa shape index (κ2) is 9.32. The number of carbonyl (C=O) groups is 1. The number of amides is 1. The Balaban J connectivity index is 1.72. The van der Waals surface area contributed by atoms with E-state index in [1.807, 2.05) is 32.0 Å². The zero-order chi connectivity index (χ0) is 21.5. The number of hydrazine groups is 1. The Morgan fingerprint density at radius 3 is 2.53 bits per heavy atom. The predicted molar refractivity (Wildman–Crippen MR) is 112 cm³/mol. The molecule has 0 saturated carbocycles. The van der Waals surface area contributed by atoms with Crippen LogP contribution in [0.15, 0.2) is 54.9 Å². The molecule has 0 spiro atoms. The zero-order valence-electron chi connectivity index (χ0n) is 16.4. The van der Waals surface area contributed by atoms with Crippen molar-refractivity contribution in [3.05, 3.63) is 76.1 Å². The number of aromatic nitrogens is 2. The minimum Gasteiger partial charge on any atom is -0.484 e. The SMILES string of the molecule is Cc1cccc(Nc2ncnc(NNC(=O)COc3ccccc3)c2[N+](=O)[O-])c1C. The molecule has 0 atom stereocenters. The van der Waals surface area contributed by atoms with E-state index in [-0.39, 0.29) is 18.2 Å². The van der Waals surface area contributed by atoms with Crippen LogP contribution in [-0.4, -0.2) is 27.4 Å². The molecule has 0 radical (unpaired) electrons. The van der Waals surface area contributed by atoms with Gasteiger partial charge in [-0.1, -0.05) is 30.3 Å². The van der Waals surface area contributed by atoms with Gasteiger partial charge in [-0.3, -0.25) is 25.8 Å². The van der Waals surface area contributed by atoms with Gasteiger partial charge in [-0.25, -0.2) is 9.97 Å². The summed E-state index contributed by atoms with van der Waals surface area (Å²) in [5.74, 6) is -0.159. The van der Waals surface area contributed by atoms with Crippen LogP contribution in [0.3, 0.4) is 0 Å². The Morgan fingerprint density at radius 2 is 1.80 bits per heavy atom. The lowest BCUT2D eigenvalue weighted by atomic mass is 10.1. The van der Waals surface area contributed by atoms with Crippen LogP contribution < -0.4 is 20.9 Å². The normalized spacial score (nSPS) is 10.2. The standard InChI is InChI=1S/C20H20N6O4/c1-13-7-6-10-16(14(13)2)23-19-18(26(28)29)20(22-12-21-19)25-24-17(27)11-30-15-8-4-3-5-9-15/h3-10,12H,11H2,1-2H3,(H,24,27)(H2,21,22,23,25). The van der Waals surface area contributed by atoms with E-state index in [0.29, 0.717) is 11.4 Å². The molecule has 10 nitrogen and oxygen atoms in total. The van der Waals surface area contributed by atoms with Gasteiger partial charge >= 0.3 is 5.69 Å². The summed E-state index contributed by atoms with van der Waals surface area (Å²) in [5.41, 5.74) is 7.06. The number of rotatable bonds is 8. The number of nitrogens with one attached hydrogen (secondary N) is 3. The Hall–Kier alpha value is -4.21. The Bertz CT molecular complexity index is 1060. The summed E-state index contributed by atoms with van der Waals surface area (Å²) < 4.78 is 5.33. The number of aryl methyl sites for hydroxylation is 1. The minimum atomic E-state index is -0.623. The van der Waals surface area contributed by atoms with Gasteiger partial charge in [-0.05, 0) is 43.2 Å². The molecule has 154 valence electrons. The van der Waals surface area contributed by atoms with Crippen molar-refractivity contribution in [3.63, 3.8) is 0 Å². The van der Waals surface area contributed by atoms with Crippen molar-refractivity contribution >= 4 is 28.9 Å². The van der Waals surface area contributed by atoms with Gasteiger partial charge in [0.05, 0.1) is 4.92 Å². The number of benzene rings is 2. The maximum Gasteiger partial charge on any atom is 0.355 e. The van der Waals surface area contributed by atoms with Crippen LogP contribution in [0.25, 0.3) is 0 Å². The van der Waals surface area contributed by atoms with E-state index in [2.05, 4.69) is 26.1 Å². The van der Waals surface area contributed by atoms with Crippen LogP contribution in [0, 0.1) is 24.0 Å². The summed E-state index contributed by atoms with van der Waals surface area (Å²) in [7, 11) is 0. The number of nitro groups is 1. The van der Waals surface area contributed by atoms with E-state index in [1.54, 1.807) is 30.3 Å². The van der Waals surface area contributed by atoms with Gasteiger partial charge in [0, 0.05) is 5.69 Å². The highest BCUT2D eigenvalue weighted by molar-refractivity contribution is 5.81. The quantitative estimate of drug-likeness (QED) is 0.382. The molecule has 0 aliphatic rings. The Labute approximate surface area is 172 Å². The van der Waals surface area contributed by atoms with Crippen molar-refractivity contribution < 1.29 is 14.5 Å². The zero-order valence-corrected chi connectivity index (χ0v) is 16.4. The molecular formula is C20H20N6O4. The highest BCUT2D eigenvalue weighted by Crippen LogP contribution is 2.32. The number of para-hydroxylation sites is 1. The summed E-state index contributed by atoms with van der Waals surface area (Å²) in [5, 5.41) is 14.6. The van der Waals surface area contributed by atoms with Gasteiger partial charge < -0.3 is 10.1 Å². The predicted octanol–water partition coefficient (Wildman–Crippen LogP) is 3.27. The van der Waals surface area contributed by atoms with E-state index < -0.39 is 16.5 Å². The smallest absolute Gasteiger partial charge is 0.355 e. The first kappa shape index (κ1) is 20.5. The van der Waals surface area contributed by atoms with Crippen LogP contribution in [0.5, 0.6) is 5.75 Å². The summed E-state index contributed by atoms with van der Waals surface area (Å²) in [6.45, 7) is 3.56. The molecule has 1 amide bonds. The first-order valence-electron chi connectivity index (χ1n) is 9.01. The fourth-order valence-electron chi connectivity index (χ4n) is 2.58. The van der Waals surface area contributed by atoms with E-state index in [4.69, 9.17) is 4.74 Å². The summed E-state index contributed by atoms with van der Waals surface area (Å²) in [6.07, 6.45) is 1.16. The van der Waals surface area contributed by atoms with Gasteiger partial charge in [-0.15, -0.1) is 0 Å². The number of hydrogen-bond donors (Lipinski definition) is 3. The van der Waals surface area contributed by atoms with Gasteiger partial charge in [0.1, 0.15) is 12.1 Å². The van der Waals surface area contributed by atoms with E-state index in [0.717, 1.165) is 17.5 Å². The maximum absolute atomic E-state index is 12.0. The second-order valence-electron chi connectivity index (χ2n) is 6.32. The number of hydrogen-bond acceptors (Lipinski definition) is 8. The highest BCUT2D eigenvalue weighted by atomic mass is 16.6. The summed E-state index contributed by atoms with van der Waals surface area (Å²) >= 11 is 0. The van der Waals surface area contributed by atoms with E-state index in [9.17, 15) is 14.9 Å². The monoisotopic (exact) mass is 408 g/mol. The second-order valence-corrected chi connectivity index (χ2v) is 6.32. The molecule has 0 unspecified atom stereocenters. The van der Waals surface area contributed by atoms with Crippen molar-refractivity contribution in [2.24, 2.45) is 0 Å². The van der Waals surface area contributed by atoms with Crippen LogP contribution >= 0.6 is 0 Å². The molecule has 0 saturated heterocycles. The third kappa shape index (κ3) is 4.98.